The van der Waals surface area contributed by atoms with Crippen LogP contribution in [0.2, 0.25) is 0 Å². The number of benzene rings is 2. The fourth-order valence-corrected chi connectivity index (χ4v) is 5.47. The Kier molecular flexibility index (Phi) is 6.77. The first-order valence-electron chi connectivity index (χ1n) is 10.4. The van der Waals surface area contributed by atoms with Gasteiger partial charge in [-0.25, -0.2) is 13.2 Å². The Balaban J connectivity index is 1.43. The largest absolute Gasteiger partial charge is 0.480 e. The molecule has 0 aliphatic heterocycles. The predicted molar refractivity (Wildman–Crippen MR) is 127 cm³/mol. The molecular formula is C23H23N3O5S2. The number of carbonyl (C=O) groups excluding carboxylic acids is 1. The highest BCUT2D eigenvalue weighted by molar-refractivity contribution is 7.91. The van der Waals surface area contributed by atoms with E-state index in [9.17, 15) is 23.1 Å². The van der Waals surface area contributed by atoms with E-state index in [2.05, 4.69) is 15.4 Å². The molecule has 2 amide bonds. The van der Waals surface area contributed by atoms with E-state index in [0.29, 0.717) is 11.3 Å². The standard InChI is InChI=1S/C23H23N3O5S2/c27-22(28)20(26-33(30,31)21-5-2-12-32-21)13-15-6-8-16(9-7-15)17-3-1-4-19(14-17)25-23(29)24-18-10-11-18/h1-9,12,14,18,20,26H,10-11,13H2,(H,27,28)(H2,24,25,29). The Labute approximate surface area is 195 Å². The summed E-state index contributed by atoms with van der Waals surface area (Å²) in [4.78, 5) is 23.6. The van der Waals surface area contributed by atoms with Crippen LogP contribution in [-0.2, 0) is 21.2 Å². The summed E-state index contributed by atoms with van der Waals surface area (Å²) in [7, 11) is -3.90. The second-order valence-corrected chi connectivity index (χ2v) is 10.7. The number of amides is 2. The second-order valence-electron chi connectivity index (χ2n) is 7.80. The molecule has 0 spiro atoms. The highest BCUT2D eigenvalue weighted by Crippen LogP contribution is 2.24. The molecule has 33 heavy (non-hydrogen) atoms. The van der Waals surface area contributed by atoms with Gasteiger partial charge < -0.3 is 15.7 Å². The van der Waals surface area contributed by atoms with Crippen molar-refractivity contribution in [2.45, 2.75) is 35.6 Å². The van der Waals surface area contributed by atoms with E-state index >= 15 is 0 Å². The molecular weight excluding hydrogens is 462 g/mol. The minimum absolute atomic E-state index is 0.00313. The van der Waals surface area contributed by atoms with Crippen molar-refractivity contribution < 1.29 is 23.1 Å². The van der Waals surface area contributed by atoms with Crippen LogP contribution < -0.4 is 15.4 Å². The smallest absolute Gasteiger partial charge is 0.322 e. The molecule has 4 N–H and O–H groups in total. The van der Waals surface area contributed by atoms with Gasteiger partial charge in [0.05, 0.1) is 0 Å². The Morgan fingerprint density at radius 2 is 1.79 bits per heavy atom. The summed E-state index contributed by atoms with van der Waals surface area (Å²) in [5.74, 6) is -1.25. The number of carbonyl (C=O) groups is 2. The molecule has 1 heterocycles. The first-order valence-corrected chi connectivity index (χ1v) is 12.7. The van der Waals surface area contributed by atoms with Crippen molar-refractivity contribution in [3.8, 4) is 11.1 Å². The summed E-state index contributed by atoms with van der Waals surface area (Å²) in [5.41, 5.74) is 3.12. The first kappa shape index (κ1) is 23.0. The SMILES string of the molecule is O=C(Nc1cccc(-c2ccc(CC(NS(=O)(=O)c3cccs3)C(=O)O)cc2)c1)NC1CC1. The van der Waals surface area contributed by atoms with Gasteiger partial charge in [-0.05, 0) is 59.5 Å². The second kappa shape index (κ2) is 9.74. The summed E-state index contributed by atoms with van der Waals surface area (Å²) >= 11 is 1.03. The fourth-order valence-electron chi connectivity index (χ4n) is 3.27. The summed E-state index contributed by atoms with van der Waals surface area (Å²) in [6.07, 6.45) is 2.03. The van der Waals surface area contributed by atoms with Gasteiger partial charge in [0.25, 0.3) is 10.0 Å². The van der Waals surface area contributed by atoms with Crippen molar-refractivity contribution in [2.24, 2.45) is 0 Å². The molecule has 0 saturated heterocycles. The lowest BCUT2D eigenvalue weighted by Crippen LogP contribution is -2.42. The number of carboxylic acid groups (broad SMARTS) is 1. The molecule has 10 heteroatoms. The maximum atomic E-state index is 12.4. The average Bonchev–Trinajstić information content (AvgIpc) is 3.40. The quantitative estimate of drug-likeness (QED) is 0.368. The van der Waals surface area contributed by atoms with Crippen LogP contribution in [0.15, 0.2) is 70.3 Å². The van der Waals surface area contributed by atoms with Crippen LogP contribution in [0.4, 0.5) is 10.5 Å². The Hall–Kier alpha value is -3.21. The van der Waals surface area contributed by atoms with Gasteiger partial charge in [-0.15, -0.1) is 11.3 Å². The number of carboxylic acids is 1. The highest BCUT2D eigenvalue weighted by Gasteiger charge is 2.26. The third-order valence-corrected chi connectivity index (χ3v) is 7.98. The topological polar surface area (TPSA) is 125 Å². The number of urea groups is 1. The molecule has 4 rings (SSSR count). The molecule has 0 bridgehead atoms. The summed E-state index contributed by atoms with van der Waals surface area (Å²) in [6.45, 7) is 0. The lowest BCUT2D eigenvalue weighted by molar-refractivity contribution is -0.138. The molecule has 8 nitrogen and oxygen atoms in total. The molecule has 1 aliphatic rings. The number of sulfonamides is 1. The van der Waals surface area contributed by atoms with Gasteiger partial charge in [-0.2, -0.15) is 4.72 Å². The van der Waals surface area contributed by atoms with Crippen LogP contribution >= 0.6 is 11.3 Å². The van der Waals surface area contributed by atoms with E-state index in [4.69, 9.17) is 0 Å². The zero-order chi connectivity index (χ0) is 23.4. The molecule has 1 aromatic heterocycles. The Morgan fingerprint density at radius 1 is 1.03 bits per heavy atom. The molecule has 3 aromatic rings. The van der Waals surface area contributed by atoms with Crippen molar-refractivity contribution in [3.05, 3.63) is 71.6 Å². The number of nitrogens with one attached hydrogen (secondary N) is 3. The first-order chi connectivity index (χ1) is 15.8. The van der Waals surface area contributed by atoms with Gasteiger partial charge in [0.15, 0.2) is 0 Å². The molecule has 1 atom stereocenters. The van der Waals surface area contributed by atoms with Crippen LogP contribution in [0.1, 0.15) is 18.4 Å². The Morgan fingerprint density at radius 3 is 2.42 bits per heavy atom. The van der Waals surface area contributed by atoms with Gasteiger partial charge in [0.2, 0.25) is 0 Å². The third-order valence-electron chi connectivity index (χ3n) is 5.12. The van der Waals surface area contributed by atoms with Gasteiger partial charge >= 0.3 is 12.0 Å². The van der Waals surface area contributed by atoms with E-state index in [1.165, 1.54) is 6.07 Å². The predicted octanol–water partition coefficient (Wildman–Crippen LogP) is 3.67. The number of aliphatic carboxylic acids is 1. The molecule has 172 valence electrons. The maximum absolute atomic E-state index is 12.4. The van der Waals surface area contributed by atoms with Gasteiger partial charge in [0, 0.05) is 11.7 Å². The van der Waals surface area contributed by atoms with Crippen molar-refractivity contribution in [2.75, 3.05) is 5.32 Å². The summed E-state index contributed by atoms with van der Waals surface area (Å²) in [6, 6.07) is 16.4. The number of hydrogen-bond acceptors (Lipinski definition) is 5. The van der Waals surface area contributed by atoms with Crippen LogP contribution in [0.3, 0.4) is 0 Å². The number of hydrogen-bond donors (Lipinski definition) is 4. The van der Waals surface area contributed by atoms with E-state index in [1.54, 1.807) is 23.6 Å². The molecule has 0 radical (unpaired) electrons. The summed E-state index contributed by atoms with van der Waals surface area (Å²) < 4.78 is 27.2. The van der Waals surface area contributed by atoms with Crippen molar-refractivity contribution >= 4 is 39.0 Å². The summed E-state index contributed by atoms with van der Waals surface area (Å²) in [5, 5.41) is 16.8. The zero-order valence-corrected chi connectivity index (χ0v) is 19.2. The normalized spacial score (nSPS) is 14.4. The van der Waals surface area contributed by atoms with E-state index in [1.807, 2.05) is 36.4 Å². The van der Waals surface area contributed by atoms with Gasteiger partial charge in [-0.1, -0.05) is 42.5 Å². The average molecular weight is 486 g/mol. The minimum Gasteiger partial charge on any atom is -0.480 e. The fraction of sp³-hybridized carbons (Fsp3) is 0.217. The van der Waals surface area contributed by atoms with Crippen molar-refractivity contribution in [1.82, 2.24) is 10.0 Å². The molecule has 1 unspecified atom stereocenters. The van der Waals surface area contributed by atoms with E-state index in [0.717, 1.165) is 35.3 Å². The molecule has 1 saturated carbocycles. The van der Waals surface area contributed by atoms with Crippen LogP contribution in [0.5, 0.6) is 0 Å². The van der Waals surface area contributed by atoms with Crippen molar-refractivity contribution in [3.63, 3.8) is 0 Å². The van der Waals surface area contributed by atoms with Gasteiger partial charge in [-0.3, -0.25) is 4.79 Å². The lowest BCUT2D eigenvalue weighted by Gasteiger charge is -2.14. The number of thiophene rings is 1. The minimum atomic E-state index is -3.90. The van der Waals surface area contributed by atoms with Gasteiger partial charge in [0.1, 0.15) is 10.3 Å². The van der Waals surface area contributed by atoms with E-state index < -0.39 is 22.0 Å². The van der Waals surface area contributed by atoms with Crippen molar-refractivity contribution in [1.29, 1.82) is 0 Å². The van der Waals surface area contributed by atoms with Crippen LogP contribution in [-0.4, -0.2) is 37.6 Å². The maximum Gasteiger partial charge on any atom is 0.322 e. The lowest BCUT2D eigenvalue weighted by atomic mass is 10.0. The zero-order valence-electron chi connectivity index (χ0n) is 17.5. The monoisotopic (exact) mass is 485 g/mol. The number of anilines is 1. The highest BCUT2D eigenvalue weighted by atomic mass is 32.2. The molecule has 1 fully saturated rings. The Bertz CT molecular complexity index is 1240. The number of rotatable bonds is 9. The molecule has 1 aliphatic carbocycles. The van der Waals surface area contributed by atoms with E-state index in [-0.39, 0.29) is 22.7 Å². The van der Waals surface area contributed by atoms with Crippen LogP contribution in [0.25, 0.3) is 11.1 Å². The third kappa shape index (κ3) is 6.19. The van der Waals surface area contributed by atoms with Crippen LogP contribution in [0, 0.1) is 0 Å². The molecule has 2 aromatic carbocycles.